The van der Waals surface area contributed by atoms with E-state index in [1.165, 1.54) is 120 Å². The van der Waals surface area contributed by atoms with E-state index in [1.807, 2.05) is 11.3 Å². The summed E-state index contributed by atoms with van der Waals surface area (Å²) in [5.74, 6) is 0.324. The molecular formula is C64H42S. The first kappa shape index (κ1) is 37.7. The van der Waals surface area contributed by atoms with Crippen LogP contribution in [0, 0.1) is 5.92 Å². The van der Waals surface area contributed by atoms with E-state index >= 15 is 0 Å². The highest BCUT2D eigenvalue weighted by atomic mass is 32.1. The molecular weight excluding hydrogens is 801 g/mol. The molecule has 0 N–H and O–H groups in total. The minimum atomic E-state index is 0.148. The van der Waals surface area contributed by atoms with Gasteiger partial charge >= 0.3 is 0 Å². The zero-order chi connectivity index (χ0) is 42.8. The van der Waals surface area contributed by atoms with Gasteiger partial charge in [-0.1, -0.05) is 218 Å². The first-order chi connectivity index (χ1) is 32.2. The molecule has 0 saturated heterocycles. The van der Waals surface area contributed by atoms with Gasteiger partial charge in [0.05, 0.1) is 0 Å². The Morgan fingerprint density at radius 1 is 0.338 bits per heavy atom. The molecule has 1 aromatic heterocycles. The van der Waals surface area contributed by atoms with Gasteiger partial charge in [-0.15, -0.1) is 11.3 Å². The van der Waals surface area contributed by atoms with Gasteiger partial charge in [-0.2, -0.15) is 0 Å². The molecule has 2 aliphatic carbocycles. The smallest absolute Gasteiger partial charge is 0.0361 e. The van der Waals surface area contributed by atoms with Crippen molar-refractivity contribution in [1.29, 1.82) is 0 Å². The van der Waals surface area contributed by atoms with Gasteiger partial charge in [0.1, 0.15) is 0 Å². The van der Waals surface area contributed by atoms with Crippen molar-refractivity contribution in [3.05, 3.63) is 271 Å². The molecule has 0 fully saturated rings. The fourth-order valence-electron chi connectivity index (χ4n) is 11.0. The molecule has 1 heterocycles. The maximum Gasteiger partial charge on any atom is 0.0361 e. The van der Waals surface area contributed by atoms with E-state index in [0.717, 1.165) is 0 Å². The topological polar surface area (TPSA) is 0 Å². The number of fused-ring (bicyclic) bond motifs is 7. The Morgan fingerprint density at radius 3 is 1.54 bits per heavy atom. The molecule has 10 aromatic carbocycles. The van der Waals surface area contributed by atoms with Crippen molar-refractivity contribution in [1.82, 2.24) is 0 Å². The molecule has 0 radical (unpaired) electrons. The maximum absolute atomic E-state index is 2.47. The van der Waals surface area contributed by atoms with E-state index in [9.17, 15) is 0 Å². The van der Waals surface area contributed by atoms with Crippen LogP contribution in [0.5, 0.6) is 0 Å². The summed E-state index contributed by atoms with van der Waals surface area (Å²) in [5, 5.41) is 7.74. The highest BCUT2D eigenvalue weighted by Gasteiger charge is 2.36. The van der Waals surface area contributed by atoms with Gasteiger partial charge in [0.2, 0.25) is 0 Å². The zero-order valence-electron chi connectivity index (χ0n) is 35.7. The minimum Gasteiger partial charge on any atom is -0.135 e. The molecule has 0 bridgehead atoms. The third kappa shape index (κ3) is 6.26. The quantitative estimate of drug-likeness (QED) is 0.146. The van der Waals surface area contributed by atoms with Crippen LogP contribution in [0.15, 0.2) is 248 Å². The van der Waals surface area contributed by atoms with Crippen LogP contribution in [0.3, 0.4) is 0 Å². The fraction of sp³-hybridized carbons (Fsp3) is 0.0312. The van der Waals surface area contributed by atoms with Crippen LogP contribution in [0.4, 0.5) is 0 Å². The first-order valence-electron chi connectivity index (χ1n) is 22.7. The van der Waals surface area contributed by atoms with E-state index < -0.39 is 0 Å². The summed E-state index contributed by atoms with van der Waals surface area (Å²) in [4.78, 5) is 0. The summed E-state index contributed by atoms with van der Waals surface area (Å²) in [7, 11) is 0. The van der Waals surface area contributed by atoms with Crippen LogP contribution in [-0.4, -0.2) is 0 Å². The van der Waals surface area contributed by atoms with Crippen molar-refractivity contribution >= 4 is 58.6 Å². The van der Waals surface area contributed by atoms with Gasteiger partial charge in [0.25, 0.3) is 0 Å². The second-order valence-corrected chi connectivity index (χ2v) is 18.6. The molecule has 0 aliphatic heterocycles. The maximum atomic E-state index is 2.47. The van der Waals surface area contributed by atoms with Crippen molar-refractivity contribution in [3.63, 3.8) is 0 Å². The van der Waals surface area contributed by atoms with Gasteiger partial charge in [0.15, 0.2) is 0 Å². The van der Waals surface area contributed by atoms with Crippen molar-refractivity contribution in [2.45, 2.75) is 5.92 Å². The molecule has 304 valence electrons. The van der Waals surface area contributed by atoms with Gasteiger partial charge in [-0.3, -0.25) is 0 Å². The Hall–Kier alpha value is -7.84. The molecule has 0 nitrogen and oxygen atoms in total. The Kier molecular flexibility index (Phi) is 8.96. The Bertz CT molecular complexity index is 3640. The third-order valence-electron chi connectivity index (χ3n) is 13.8. The Labute approximate surface area is 383 Å². The number of thiophene rings is 1. The molecule has 2 unspecified atom stereocenters. The van der Waals surface area contributed by atoms with Gasteiger partial charge in [-0.05, 0) is 124 Å². The minimum absolute atomic E-state index is 0.148. The zero-order valence-corrected chi connectivity index (χ0v) is 36.5. The van der Waals surface area contributed by atoms with Crippen molar-refractivity contribution in [2.75, 3.05) is 0 Å². The molecule has 0 saturated carbocycles. The molecule has 0 amide bonds. The van der Waals surface area contributed by atoms with Crippen LogP contribution in [-0.2, 0) is 0 Å². The second kappa shape index (κ2) is 15.5. The number of hydrogen-bond donors (Lipinski definition) is 0. The van der Waals surface area contributed by atoms with E-state index in [1.54, 1.807) is 0 Å². The SMILES string of the molecule is C1=CC2=C(c3ccc4sc5cc(-c6c7ccccc7c(-c7ccccc7)c7ccccc67)ccc5c4c3)c3ccccc3C(c3cc(-c4ccccc4)cc(-c4ccccc4)c3)C2C=C1. The van der Waals surface area contributed by atoms with Gasteiger partial charge in [0, 0.05) is 32.0 Å². The lowest BCUT2D eigenvalue weighted by Gasteiger charge is -2.37. The highest BCUT2D eigenvalue weighted by Crippen LogP contribution is 2.52. The average Bonchev–Trinajstić information content (AvgIpc) is 3.75. The van der Waals surface area contributed by atoms with E-state index in [2.05, 4.69) is 243 Å². The molecule has 65 heavy (non-hydrogen) atoms. The van der Waals surface area contributed by atoms with Crippen molar-refractivity contribution in [3.8, 4) is 44.5 Å². The van der Waals surface area contributed by atoms with Crippen LogP contribution < -0.4 is 0 Å². The monoisotopic (exact) mass is 842 g/mol. The lowest BCUT2D eigenvalue weighted by Crippen LogP contribution is -2.23. The van der Waals surface area contributed by atoms with E-state index in [4.69, 9.17) is 0 Å². The van der Waals surface area contributed by atoms with Crippen molar-refractivity contribution in [2.24, 2.45) is 5.92 Å². The summed E-state index contributed by atoms with van der Waals surface area (Å²) in [6, 6.07) is 81.2. The normalized spacial score (nSPS) is 15.5. The predicted molar refractivity (Wildman–Crippen MR) is 279 cm³/mol. The molecule has 13 rings (SSSR count). The lowest BCUT2D eigenvalue weighted by atomic mass is 9.66. The van der Waals surface area contributed by atoms with E-state index in [-0.39, 0.29) is 11.8 Å². The second-order valence-electron chi connectivity index (χ2n) is 17.5. The molecule has 2 aliphatic rings. The standard InChI is InChI=1S/C64H42S/c1-4-18-41(19-5-1)46-36-47(42-20-6-2-7-21-42)38-48(37-46)64-56-30-16-14-28-54(56)62(55-29-15-17-31-57(55)64)44-33-35-59-58(39-44)49-34-32-45(40-60(49)65-59)63-52-26-12-10-24-50(52)61(43-22-8-3-9-23-43)51-25-11-13-27-53(51)63/h1-40,56,64H. The fourth-order valence-corrected chi connectivity index (χ4v) is 12.1. The molecule has 11 aromatic rings. The Morgan fingerprint density at radius 2 is 0.892 bits per heavy atom. The summed E-state index contributed by atoms with van der Waals surface area (Å²) in [6.45, 7) is 0. The Balaban J connectivity index is 0.957. The highest BCUT2D eigenvalue weighted by molar-refractivity contribution is 7.25. The molecule has 2 atom stereocenters. The van der Waals surface area contributed by atoms with Crippen LogP contribution in [0.1, 0.15) is 28.2 Å². The van der Waals surface area contributed by atoms with Crippen molar-refractivity contribution < 1.29 is 0 Å². The largest absolute Gasteiger partial charge is 0.135 e. The van der Waals surface area contributed by atoms with Crippen LogP contribution >= 0.6 is 11.3 Å². The predicted octanol–water partition coefficient (Wildman–Crippen LogP) is 17.7. The lowest BCUT2D eigenvalue weighted by molar-refractivity contribution is 0.649. The van der Waals surface area contributed by atoms with Gasteiger partial charge in [-0.25, -0.2) is 0 Å². The van der Waals surface area contributed by atoms with E-state index in [0.29, 0.717) is 0 Å². The van der Waals surface area contributed by atoms with Gasteiger partial charge < -0.3 is 0 Å². The number of rotatable bonds is 6. The summed E-state index contributed by atoms with van der Waals surface area (Å²) in [5.41, 5.74) is 18.0. The summed E-state index contributed by atoms with van der Waals surface area (Å²) >= 11 is 1.90. The summed E-state index contributed by atoms with van der Waals surface area (Å²) in [6.07, 6.45) is 9.29. The first-order valence-corrected chi connectivity index (χ1v) is 23.5. The van der Waals surface area contributed by atoms with Crippen LogP contribution in [0.2, 0.25) is 0 Å². The average molecular weight is 843 g/mol. The molecule has 0 spiro atoms. The third-order valence-corrected chi connectivity index (χ3v) is 15.0. The number of benzene rings is 10. The van der Waals surface area contributed by atoms with Crippen LogP contribution in [0.25, 0.3) is 91.8 Å². The number of hydrogen-bond acceptors (Lipinski definition) is 1. The number of allylic oxidation sites excluding steroid dienone is 5. The summed E-state index contributed by atoms with van der Waals surface area (Å²) < 4.78 is 2.62. The molecule has 1 heteroatoms.